The lowest BCUT2D eigenvalue weighted by molar-refractivity contribution is 0.102. The fraction of sp³-hybridized carbons (Fsp3) is 0.143. The number of halogens is 1. The Kier molecular flexibility index (Phi) is 3.67. The lowest BCUT2D eigenvalue weighted by Crippen LogP contribution is -2.25. The topological polar surface area (TPSA) is 76.4 Å². The van der Waals surface area contributed by atoms with Crippen LogP contribution in [-0.2, 0) is 0 Å². The van der Waals surface area contributed by atoms with Gasteiger partial charge in [0.05, 0.1) is 11.3 Å². The van der Waals surface area contributed by atoms with Crippen molar-refractivity contribution < 1.29 is 4.79 Å². The number of carbonyl (C=O) groups excluding carboxylic acids is 1. The minimum absolute atomic E-state index is 0.166. The summed E-state index contributed by atoms with van der Waals surface area (Å²) in [6, 6.07) is 3.06. The van der Waals surface area contributed by atoms with Crippen LogP contribution in [0.25, 0.3) is 4.96 Å². The predicted molar refractivity (Wildman–Crippen MR) is 86.0 cm³/mol. The molecule has 0 spiro atoms. The maximum Gasteiger partial charge on any atom is 0.282 e. The average Bonchev–Trinajstić information content (AvgIpc) is 2.85. The van der Waals surface area contributed by atoms with Gasteiger partial charge in [0.1, 0.15) is 10.8 Å². The first-order chi connectivity index (χ1) is 10.5. The van der Waals surface area contributed by atoms with E-state index >= 15 is 0 Å². The standard InChI is InChI=1S/C14H11ClN4O2S/c1-7-6-22-14-17-8(2)11(13(21)19(7)14)18-12(20)9-3-4-10(15)16-5-9/h3-6H,1-2H3,(H,18,20). The minimum atomic E-state index is -0.431. The molecule has 0 fully saturated rings. The molecule has 0 aliphatic rings. The van der Waals surface area contributed by atoms with Crippen LogP contribution < -0.4 is 10.9 Å². The van der Waals surface area contributed by atoms with Crippen LogP contribution in [-0.4, -0.2) is 20.3 Å². The molecule has 0 unspecified atom stereocenters. The monoisotopic (exact) mass is 334 g/mol. The van der Waals surface area contributed by atoms with Crippen molar-refractivity contribution in [3.8, 4) is 0 Å². The summed E-state index contributed by atoms with van der Waals surface area (Å²) in [5, 5.41) is 4.75. The van der Waals surface area contributed by atoms with E-state index in [1.807, 2.05) is 12.3 Å². The van der Waals surface area contributed by atoms with Crippen LogP contribution in [0.5, 0.6) is 0 Å². The zero-order chi connectivity index (χ0) is 15.9. The quantitative estimate of drug-likeness (QED) is 0.731. The molecule has 1 amide bonds. The molecule has 0 aliphatic carbocycles. The molecule has 0 radical (unpaired) electrons. The number of aryl methyl sites for hydroxylation is 2. The van der Waals surface area contributed by atoms with Gasteiger partial charge in [-0.05, 0) is 26.0 Å². The van der Waals surface area contributed by atoms with E-state index in [0.29, 0.717) is 21.4 Å². The van der Waals surface area contributed by atoms with Gasteiger partial charge in [0, 0.05) is 17.3 Å². The van der Waals surface area contributed by atoms with E-state index in [1.54, 1.807) is 13.0 Å². The highest BCUT2D eigenvalue weighted by atomic mass is 35.5. The summed E-state index contributed by atoms with van der Waals surface area (Å²) in [5.41, 5.74) is 1.44. The number of amides is 1. The molecule has 0 aromatic carbocycles. The third-order valence-corrected chi connectivity index (χ3v) is 4.32. The third kappa shape index (κ3) is 2.49. The molecule has 8 heteroatoms. The maximum atomic E-state index is 12.5. The molecular weight excluding hydrogens is 324 g/mol. The number of fused-ring (bicyclic) bond motifs is 1. The Balaban J connectivity index is 2.03. The van der Waals surface area contributed by atoms with Crippen LogP contribution in [0.4, 0.5) is 5.69 Å². The predicted octanol–water partition coefficient (Wildman–Crippen LogP) is 2.67. The van der Waals surface area contributed by atoms with Gasteiger partial charge in [-0.1, -0.05) is 11.6 Å². The highest BCUT2D eigenvalue weighted by Crippen LogP contribution is 2.16. The summed E-state index contributed by atoms with van der Waals surface area (Å²) < 4.78 is 1.48. The van der Waals surface area contributed by atoms with Crippen LogP contribution in [0.2, 0.25) is 5.15 Å². The number of anilines is 1. The number of nitrogens with one attached hydrogen (secondary N) is 1. The molecule has 0 saturated carbocycles. The van der Waals surface area contributed by atoms with E-state index in [9.17, 15) is 9.59 Å². The van der Waals surface area contributed by atoms with Gasteiger partial charge >= 0.3 is 0 Å². The third-order valence-electron chi connectivity index (χ3n) is 3.15. The number of aromatic nitrogens is 3. The second-order valence-electron chi connectivity index (χ2n) is 4.70. The second kappa shape index (κ2) is 5.51. The normalized spacial score (nSPS) is 10.9. The number of rotatable bonds is 2. The Bertz CT molecular complexity index is 930. The van der Waals surface area contributed by atoms with E-state index in [-0.39, 0.29) is 11.2 Å². The van der Waals surface area contributed by atoms with Crippen molar-refractivity contribution in [3.05, 3.63) is 56.2 Å². The highest BCUT2D eigenvalue weighted by molar-refractivity contribution is 7.15. The van der Waals surface area contributed by atoms with Gasteiger partial charge in [-0.15, -0.1) is 11.3 Å². The number of hydrogen-bond donors (Lipinski definition) is 1. The fourth-order valence-electron chi connectivity index (χ4n) is 2.02. The van der Waals surface area contributed by atoms with E-state index in [2.05, 4.69) is 15.3 Å². The van der Waals surface area contributed by atoms with Crippen LogP contribution in [0.3, 0.4) is 0 Å². The lowest BCUT2D eigenvalue weighted by atomic mass is 10.2. The van der Waals surface area contributed by atoms with Crippen molar-refractivity contribution in [2.45, 2.75) is 13.8 Å². The molecular formula is C14H11ClN4O2S. The number of hydrogen-bond acceptors (Lipinski definition) is 5. The van der Waals surface area contributed by atoms with Crippen LogP contribution >= 0.6 is 22.9 Å². The maximum absolute atomic E-state index is 12.5. The Morgan fingerprint density at radius 3 is 2.82 bits per heavy atom. The van der Waals surface area contributed by atoms with Gasteiger partial charge in [-0.2, -0.15) is 0 Å². The molecule has 112 valence electrons. The molecule has 22 heavy (non-hydrogen) atoms. The summed E-state index contributed by atoms with van der Waals surface area (Å²) in [6.07, 6.45) is 1.35. The summed E-state index contributed by atoms with van der Waals surface area (Å²) in [5.74, 6) is -0.431. The molecule has 3 aromatic rings. The van der Waals surface area contributed by atoms with Crippen molar-refractivity contribution in [2.24, 2.45) is 0 Å². The van der Waals surface area contributed by atoms with Gasteiger partial charge in [0.2, 0.25) is 0 Å². The first-order valence-electron chi connectivity index (χ1n) is 6.37. The van der Waals surface area contributed by atoms with Gasteiger partial charge in [-0.25, -0.2) is 9.97 Å². The highest BCUT2D eigenvalue weighted by Gasteiger charge is 2.16. The summed E-state index contributed by atoms with van der Waals surface area (Å²) >= 11 is 7.07. The zero-order valence-corrected chi connectivity index (χ0v) is 13.3. The van der Waals surface area contributed by atoms with Crippen molar-refractivity contribution in [1.82, 2.24) is 14.4 Å². The Labute approximate surface area is 134 Å². The molecule has 0 aliphatic heterocycles. The first-order valence-corrected chi connectivity index (χ1v) is 7.63. The van der Waals surface area contributed by atoms with E-state index < -0.39 is 5.91 Å². The molecule has 0 atom stereocenters. The SMILES string of the molecule is Cc1nc2scc(C)n2c(=O)c1NC(=O)c1ccc(Cl)nc1. The zero-order valence-electron chi connectivity index (χ0n) is 11.8. The van der Waals surface area contributed by atoms with Crippen LogP contribution in [0.1, 0.15) is 21.7 Å². The average molecular weight is 335 g/mol. The second-order valence-corrected chi connectivity index (χ2v) is 5.92. The van der Waals surface area contributed by atoms with Crippen molar-refractivity contribution >= 4 is 39.5 Å². The van der Waals surface area contributed by atoms with E-state index in [1.165, 1.54) is 28.0 Å². The van der Waals surface area contributed by atoms with E-state index in [4.69, 9.17) is 11.6 Å². The van der Waals surface area contributed by atoms with Gasteiger partial charge in [-0.3, -0.25) is 14.0 Å². The van der Waals surface area contributed by atoms with E-state index in [0.717, 1.165) is 5.69 Å². The van der Waals surface area contributed by atoms with Gasteiger partial charge in [0.25, 0.3) is 11.5 Å². The van der Waals surface area contributed by atoms with Gasteiger partial charge < -0.3 is 5.32 Å². The first kappa shape index (κ1) is 14.7. The summed E-state index contributed by atoms with van der Waals surface area (Å²) in [6.45, 7) is 3.50. The van der Waals surface area contributed by atoms with Gasteiger partial charge in [0.15, 0.2) is 4.96 Å². The number of carbonyl (C=O) groups is 1. The Morgan fingerprint density at radius 1 is 1.36 bits per heavy atom. The minimum Gasteiger partial charge on any atom is -0.316 e. The molecule has 0 saturated heterocycles. The molecule has 3 aromatic heterocycles. The van der Waals surface area contributed by atoms with Crippen LogP contribution in [0, 0.1) is 13.8 Å². The summed E-state index contributed by atoms with van der Waals surface area (Å²) in [4.78, 5) is 33.6. The fourth-order valence-corrected chi connectivity index (χ4v) is 3.04. The van der Waals surface area contributed by atoms with Crippen molar-refractivity contribution in [3.63, 3.8) is 0 Å². The smallest absolute Gasteiger partial charge is 0.282 e. The largest absolute Gasteiger partial charge is 0.316 e. The molecule has 6 nitrogen and oxygen atoms in total. The van der Waals surface area contributed by atoms with Crippen molar-refractivity contribution in [2.75, 3.05) is 5.32 Å². The molecule has 3 heterocycles. The van der Waals surface area contributed by atoms with Crippen molar-refractivity contribution in [1.29, 1.82) is 0 Å². The Morgan fingerprint density at radius 2 is 2.14 bits per heavy atom. The lowest BCUT2D eigenvalue weighted by Gasteiger charge is -2.08. The number of nitrogens with zero attached hydrogens (tertiary/aromatic N) is 3. The van der Waals surface area contributed by atoms with Crippen LogP contribution in [0.15, 0.2) is 28.5 Å². The molecule has 1 N–H and O–H groups in total. The Hall–Kier alpha value is -2.25. The molecule has 3 rings (SSSR count). The molecule has 0 bridgehead atoms. The summed E-state index contributed by atoms with van der Waals surface area (Å²) in [7, 11) is 0. The number of pyridine rings is 1. The number of thiazole rings is 1.